The van der Waals surface area contributed by atoms with Crippen molar-refractivity contribution in [3.63, 3.8) is 0 Å². The van der Waals surface area contributed by atoms with Gasteiger partial charge in [0.2, 0.25) is 5.78 Å². The zero-order valence-corrected chi connectivity index (χ0v) is 19.6. The Labute approximate surface area is 206 Å². The topological polar surface area (TPSA) is 184 Å². The minimum Gasteiger partial charge on any atom is -0.508 e. The van der Waals surface area contributed by atoms with Crippen LogP contribution in [0.2, 0.25) is 0 Å². The summed E-state index contributed by atoms with van der Waals surface area (Å²) >= 11 is 0. The first-order chi connectivity index (χ1) is 17.0. The summed E-state index contributed by atoms with van der Waals surface area (Å²) in [6.07, 6.45) is 1.03. The number of carbonyl (C=O) groups excluding carboxylic acids is 4. The van der Waals surface area contributed by atoms with Crippen LogP contribution in [0.15, 0.2) is 35.1 Å². The van der Waals surface area contributed by atoms with Crippen molar-refractivity contribution in [3.05, 3.63) is 46.2 Å². The molecule has 1 aromatic carbocycles. The number of primary amides is 1. The average molecular weight is 498 g/mol. The normalized spacial score (nSPS) is 32.2. The molecule has 1 aromatic rings. The van der Waals surface area contributed by atoms with Gasteiger partial charge in [0.1, 0.15) is 28.9 Å². The number of fused-ring (bicyclic) bond motifs is 3. The van der Waals surface area contributed by atoms with Crippen molar-refractivity contribution in [1.82, 2.24) is 0 Å². The molecule has 0 radical (unpaired) electrons. The Kier molecular flexibility index (Phi) is 5.47. The lowest BCUT2D eigenvalue weighted by Crippen LogP contribution is -2.64. The van der Waals surface area contributed by atoms with E-state index in [1.165, 1.54) is 6.07 Å². The number of benzene rings is 1. The van der Waals surface area contributed by atoms with Crippen LogP contribution in [0.3, 0.4) is 0 Å². The molecule has 0 heterocycles. The zero-order valence-electron chi connectivity index (χ0n) is 19.6. The van der Waals surface area contributed by atoms with Crippen LogP contribution in [0, 0.1) is 17.8 Å². The summed E-state index contributed by atoms with van der Waals surface area (Å²) in [6, 6.07) is 4.55. The van der Waals surface area contributed by atoms with E-state index in [0.717, 1.165) is 12.8 Å². The van der Waals surface area contributed by atoms with Crippen molar-refractivity contribution in [1.29, 1.82) is 0 Å². The summed E-state index contributed by atoms with van der Waals surface area (Å²) in [5, 5.41) is 44.2. The van der Waals surface area contributed by atoms with Crippen LogP contribution in [0.5, 0.6) is 5.75 Å². The van der Waals surface area contributed by atoms with Crippen LogP contribution < -0.4 is 5.73 Å². The van der Waals surface area contributed by atoms with E-state index in [1.807, 2.05) is 0 Å². The lowest BCUT2D eigenvalue weighted by molar-refractivity contribution is -0.181. The van der Waals surface area contributed by atoms with Crippen molar-refractivity contribution in [2.75, 3.05) is 0 Å². The summed E-state index contributed by atoms with van der Waals surface area (Å²) < 4.78 is 5.92. The van der Waals surface area contributed by atoms with E-state index in [2.05, 4.69) is 0 Å². The number of esters is 1. The molecular weight excluding hydrogens is 470 g/mol. The van der Waals surface area contributed by atoms with Crippen LogP contribution in [-0.4, -0.2) is 55.6 Å². The highest BCUT2D eigenvalue weighted by molar-refractivity contribution is 6.23. The van der Waals surface area contributed by atoms with Crippen LogP contribution in [0.1, 0.15) is 56.1 Å². The highest BCUT2D eigenvalue weighted by Crippen LogP contribution is 2.56. The van der Waals surface area contributed by atoms with Gasteiger partial charge < -0.3 is 30.9 Å². The van der Waals surface area contributed by atoms with E-state index in [0.29, 0.717) is 18.4 Å². The maximum atomic E-state index is 13.8. The van der Waals surface area contributed by atoms with E-state index < -0.39 is 82.3 Å². The number of phenolic OH excluding ortho intramolecular Hbond substituents is 1. The third-order valence-corrected chi connectivity index (χ3v) is 8.28. The third-order valence-electron chi connectivity index (χ3n) is 8.28. The second-order valence-electron chi connectivity index (χ2n) is 10.1. The number of carbonyl (C=O) groups is 4. The number of aromatic hydroxyl groups is 1. The van der Waals surface area contributed by atoms with Gasteiger partial charge in [0.05, 0.1) is 11.5 Å². The van der Waals surface area contributed by atoms with Crippen molar-refractivity contribution in [2.45, 2.75) is 56.7 Å². The number of hydrogen-bond acceptors (Lipinski definition) is 9. The molecule has 5 rings (SSSR count). The molecule has 0 aromatic heterocycles. The first-order valence-electron chi connectivity index (χ1n) is 12.0. The van der Waals surface area contributed by atoms with Crippen molar-refractivity contribution in [2.24, 2.45) is 23.5 Å². The predicted molar refractivity (Wildman–Crippen MR) is 123 cm³/mol. The van der Waals surface area contributed by atoms with Gasteiger partial charge >= 0.3 is 5.97 Å². The fourth-order valence-corrected chi connectivity index (χ4v) is 6.47. The van der Waals surface area contributed by atoms with Gasteiger partial charge in [-0.1, -0.05) is 31.9 Å². The number of aliphatic hydroxyl groups excluding tert-OH is 2. The molecule has 4 aliphatic rings. The van der Waals surface area contributed by atoms with E-state index >= 15 is 0 Å². The molecule has 2 fully saturated rings. The molecule has 6 N–H and O–H groups in total. The quantitative estimate of drug-likeness (QED) is 0.306. The number of ketones is 2. The van der Waals surface area contributed by atoms with E-state index in [-0.39, 0.29) is 16.9 Å². The second-order valence-corrected chi connectivity index (χ2v) is 10.1. The Bertz CT molecular complexity index is 1270. The summed E-state index contributed by atoms with van der Waals surface area (Å²) in [5.74, 6) is -9.46. The Hall–Kier alpha value is -3.66. The maximum absolute atomic E-state index is 13.8. The van der Waals surface area contributed by atoms with Gasteiger partial charge in [0.15, 0.2) is 11.4 Å². The monoisotopic (exact) mass is 497 g/mol. The molecule has 5 atom stereocenters. The number of phenols is 1. The fraction of sp³-hybridized carbons (Fsp3) is 0.462. The minimum atomic E-state index is -2.85. The van der Waals surface area contributed by atoms with Gasteiger partial charge in [-0.25, -0.2) is 0 Å². The van der Waals surface area contributed by atoms with E-state index in [1.54, 1.807) is 19.1 Å². The predicted octanol–water partition coefficient (Wildman–Crippen LogP) is 1.70. The largest absolute Gasteiger partial charge is 0.508 e. The standard InChI is InChI=1S/C26H27NO9/c1-10-12-7-4-8-14(28)17(12)20(30)19-16(10)21(36-25(34)11-5-2-3-6-11)13-9-15(29)18(24(27)33)22(31)26(13,35)23(19)32/h4,7-8,10-11,13,16,21,28,30-31,35H,2-3,5-6,9H2,1H3,(H2,27,33). The SMILES string of the molecule is CC1c2cccc(O)c2C(O)=C2C(=O)C3(O)C(O)=C(C(N)=O)C(=O)CC3C(OC(=O)C3CCCC3)C21. The maximum Gasteiger partial charge on any atom is 0.309 e. The van der Waals surface area contributed by atoms with Gasteiger partial charge in [-0.2, -0.15) is 0 Å². The fourth-order valence-electron chi connectivity index (χ4n) is 6.47. The Morgan fingerprint density at radius 3 is 2.42 bits per heavy atom. The molecule has 2 saturated carbocycles. The van der Waals surface area contributed by atoms with Gasteiger partial charge in [0, 0.05) is 23.8 Å². The molecule has 10 heteroatoms. The lowest BCUT2D eigenvalue weighted by Gasteiger charge is -2.51. The number of nitrogens with two attached hydrogens (primary N) is 1. The second kappa shape index (κ2) is 8.19. The van der Waals surface area contributed by atoms with E-state index in [4.69, 9.17) is 10.5 Å². The summed E-state index contributed by atoms with van der Waals surface area (Å²) in [7, 11) is 0. The summed E-state index contributed by atoms with van der Waals surface area (Å²) in [6.45, 7) is 1.72. The third kappa shape index (κ3) is 3.13. The lowest BCUT2D eigenvalue weighted by atomic mass is 9.55. The number of Topliss-reactive ketones (excluding diaryl/α,β-unsaturated/α-hetero) is 2. The van der Waals surface area contributed by atoms with Crippen LogP contribution in [0.25, 0.3) is 5.76 Å². The molecule has 10 nitrogen and oxygen atoms in total. The Morgan fingerprint density at radius 1 is 1.11 bits per heavy atom. The molecule has 0 saturated heterocycles. The number of hydrogen-bond donors (Lipinski definition) is 5. The molecular formula is C26H27NO9. The zero-order chi connectivity index (χ0) is 26.1. The van der Waals surface area contributed by atoms with Gasteiger partial charge in [-0.15, -0.1) is 0 Å². The Balaban J connectivity index is 1.74. The van der Waals surface area contributed by atoms with Gasteiger partial charge in [-0.3, -0.25) is 19.2 Å². The highest BCUT2D eigenvalue weighted by Gasteiger charge is 2.66. The molecule has 5 unspecified atom stereocenters. The summed E-state index contributed by atoms with van der Waals surface area (Å²) in [4.78, 5) is 51.7. The van der Waals surface area contributed by atoms with Crippen molar-refractivity contribution >= 4 is 29.2 Å². The first kappa shape index (κ1) is 24.1. The van der Waals surface area contributed by atoms with Crippen LogP contribution >= 0.6 is 0 Å². The molecule has 190 valence electrons. The molecule has 4 aliphatic carbocycles. The molecule has 0 bridgehead atoms. The number of rotatable bonds is 3. The first-order valence-corrected chi connectivity index (χ1v) is 12.0. The molecule has 0 aliphatic heterocycles. The molecule has 0 spiro atoms. The number of aliphatic hydroxyl groups is 3. The number of amides is 1. The van der Waals surface area contributed by atoms with Crippen molar-refractivity contribution in [3.8, 4) is 5.75 Å². The Morgan fingerprint density at radius 2 is 1.78 bits per heavy atom. The van der Waals surface area contributed by atoms with E-state index in [9.17, 15) is 39.6 Å². The summed E-state index contributed by atoms with van der Waals surface area (Å²) in [5.41, 5.74) is 1.62. The van der Waals surface area contributed by atoms with Crippen molar-refractivity contribution < 1.29 is 44.3 Å². The van der Waals surface area contributed by atoms with Crippen LogP contribution in [0.4, 0.5) is 0 Å². The van der Waals surface area contributed by atoms with Gasteiger partial charge in [0.25, 0.3) is 5.91 Å². The molecule has 36 heavy (non-hydrogen) atoms. The molecule has 1 amide bonds. The smallest absolute Gasteiger partial charge is 0.309 e. The number of ether oxygens (including phenoxy) is 1. The minimum absolute atomic E-state index is 0.0157. The van der Waals surface area contributed by atoms with Gasteiger partial charge in [-0.05, 0) is 30.4 Å². The average Bonchev–Trinajstić information content (AvgIpc) is 3.36. The highest BCUT2D eigenvalue weighted by atomic mass is 16.5. The van der Waals surface area contributed by atoms with Crippen LogP contribution in [-0.2, 0) is 23.9 Å².